The minimum Gasteiger partial charge on any atom is -0.475 e. The first-order valence-electron chi connectivity index (χ1n) is 4.88. The van der Waals surface area contributed by atoms with Gasteiger partial charge in [0.15, 0.2) is 0 Å². The van der Waals surface area contributed by atoms with E-state index in [4.69, 9.17) is 5.11 Å². The van der Waals surface area contributed by atoms with E-state index in [2.05, 4.69) is 14.1 Å². The fourth-order valence-electron chi connectivity index (χ4n) is 1.22. The van der Waals surface area contributed by atoms with Crippen LogP contribution in [0.25, 0.3) is 0 Å². The Balaban J connectivity index is 2.13. The molecule has 2 rings (SSSR count). The zero-order chi connectivity index (χ0) is 14.0. The Morgan fingerprint density at radius 3 is 2.74 bits per heavy atom. The molecule has 0 saturated heterocycles. The molecule has 8 nitrogen and oxygen atoms in total. The molecule has 2 aromatic rings. The van der Waals surface area contributed by atoms with Crippen LogP contribution >= 0.6 is 11.3 Å². The van der Waals surface area contributed by atoms with Crippen LogP contribution in [0.2, 0.25) is 0 Å². The molecule has 0 aromatic carbocycles. The number of aromatic carboxylic acids is 1. The summed E-state index contributed by atoms with van der Waals surface area (Å²) in [6, 6.07) is 2.09. The van der Waals surface area contributed by atoms with Crippen molar-refractivity contribution in [2.75, 3.05) is 0 Å². The second-order valence-corrected chi connectivity index (χ2v) is 5.96. The van der Waals surface area contributed by atoms with Gasteiger partial charge >= 0.3 is 10.8 Å². The Hall–Kier alpha value is -1.91. The molecule has 0 aliphatic carbocycles. The number of carboxylic acid groups (broad SMARTS) is 1. The van der Waals surface area contributed by atoms with Crippen molar-refractivity contribution < 1.29 is 22.7 Å². The lowest BCUT2D eigenvalue weighted by atomic mass is 10.5. The van der Waals surface area contributed by atoms with Crippen molar-refractivity contribution in [3.63, 3.8) is 0 Å². The van der Waals surface area contributed by atoms with Gasteiger partial charge in [0.2, 0.25) is 10.9 Å². The number of carbonyl (C=O) groups is 1. The van der Waals surface area contributed by atoms with Gasteiger partial charge in [-0.2, -0.15) is 0 Å². The zero-order valence-corrected chi connectivity index (χ0v) is 10.9. The largest absolute Gasteiger partial charge is 0.475 e. The number of thiazole rings is 1. The van der Waals surface area contributed by atoms with Crippen molar-refractivity contribution in [3.8, 4) is 0 Å². The zero-order valence-electron chi connectivity index (χ0n) is 9.24. The normalized spacial score (nSPS) is 11.6. The maximum absolute atomic E-state index is 11.8. The Kier molecular flexibility index (Phi) is 3.55. The Morgan fingerprint density at radius 1 is 1.47 bits per heavy atom. The number of H-pyrrole nitrogens is 1. The van der Waals surface area contributed by atoms with Gasteiger partial charge in [-0.05, 0) is 12.1 Å². The molecular formula is C9H8N2O6S2. The molecule has 0 saturated carbocycles. The molecule has 0 spiro atoms. The minimum absolute atomic E-state index is 0.121. The van der Waals surface area contributed by atoms with Crippen LogP contribution in [0, 0.1) is 0 Å². The fraction of sp³-hybridized carbons (Fsp3) is 0.111. The van der Waals surface area contributed by atoms with E-state index in [1.54, 1.807) is 0 Å². The number of nitrogens with one attached hydrogen (secondary N) is 2. The van der Waals surface area contributed by atoms with Gasteiger partial charge in [-0.3, -0.25) is 4.79 Å². The second kappa shape index (κ2) is 4.99. The summed E-state index contributed by atoms with van der Waals surface area (Å²) in [5.74, 6) is -1.83. The van der Waals surface area contributed by atoms with E-state index in [-0.39, 0.29) is 11.4 Å². The summed E-state index contributed by atoms with van der Waals surface area (Å²) in [6.07, 6.45) is 0. The van der Waals surface area contributed by atoms with Crippen LogP contribution in [0.4, 0.5) is 0 Å². The summed E-state index contributed by atoms with van der Waals surface area (Å²) >= 11 is 0.912. The maximum atomic E-state index is 11.8. The summed E-state index contributed by atoms with van der Waals surface area (Å²) < 4.78 is 30.4. The van der Waals surface area contributed by atoms with E-state index in [1.807, 2.05) is 0 Å². The SMILES string of the molecule is O=C(O)c1ccc(S(=O)(=O)NCc2csc(=O)[nH]2)o1. The number of hydrogen-bond donors (Lipinski definition) is 3. The van der Waals surface area contributed by atoms with Gasteiger partial charge in [-0.15, -0.1) is 0 Å². The molecule has 10 heteroatoms. The molecule has 0 aliphatic rings. The molecule has 0 amide bonds. The van der Waals surface area contributed by atoms with Crippen molar-refractivity contribution in [3.05, 3.63) is 38.6 Å². The highest BCUT2D eigenvalue weighted by Crippen LogP contribution is 2.14. The van der Waals surface area contributed by atoms with Gasteiger partial charge in [0.05, 0.1) is 6.54 Å². The Labute approximate surface area is 110 Å². The van der Waals surface area contributed by atoms with Crippen LogP contribution in [0.5, 0.6) is 0 Å². The van der Waals surface area contributed by atoms with E-state index in [0.717, 1.165) is 23.5 Å². The fourth-order valence-corrected chi connectivity index (χ4v) is 2.74. The van der Waals surface area contributed by atoms with Crippen molar-refractivity contribution in [2.24, 2.45) is 0 Å². The molecule has 2 aromatic heterocycles. The number of hydrogen-bond acceptors (Lipinski definition) is 6. The van der Waals surface area contributed by atoms with E-state index in [9.17, 15) is 18.0 Å². The van der Waals surface area contributed by atoms with Crippen LogP contribution < -0.4 is 9.60 Å². The first kappa shape index (κ1) is 13.5. The van der Waals surface area contributed by atoms with E-state index in [0.29, 0.717) is 5.69 Å². The number of aromatic amines is 1. The summed E-state index contributed by atoms with van der Waals surface area (Å²) in [5, 5.41) is 9.61. The van der Waals surface area contributed by atoms with Crippen LogP contribution in [0.15, 0.2) is 31.8 Å². The third kappa shape index (κ3) is 3.10. The molecular weight excluding hydrogens is 296 g/mol. The summed E-state index contributed by atoms with van der Waals surface area (Å²) in [6.45, 7) is -0.121. The van der Waals surface area contributed by atoms with Crippen LogP contribution in [-0.2, 0) is 16.6 Å². The van der Waals surface area contributed by atoms with Crippen molar-refractivity contribution in [2.45, 2.75) is 11.6 Å². The van der Waals surface area contributed by atoms with E-state index in [1.165, 1.54) is 5.38 Å². The highest BCUT2D eigenvalue weighted by atomic mass is 32.2. The average Bonchev–Trinajstić information content (AvgIpc) is 2.95. The molecule has 19 heavy (non-hydrogen) atoms. The summed E-state index contributed by atoms with van der Waals surface area (Å²) in [4.78, 5) is 23.6. The molecule has 0 unspecified atom stereocenters. The predicted molar refractivity (Wildman–Crippen MR) is 64.6 cm³/mol. The van der Waals surface area contributed by atoms with Gasteiger partial charge in [-0.1, -0.05) is 11.3 Å². The van der Waals surface area contributed by atoms with Gasteiger partial charge in [0.25, 0.3) is 10.0 Å². The molecule has 0 bridgehead atoms. The highest BCUT2D eigenvalue weighted by molar-refractivity contribution is 7.89. The maximum Gasteiger partial charge on any atom is 0.371 e. The Bertz CT molecular complexity index is 754. The topological polar surface area (TPSA) is 129 Å². The average molecular weight is 304 g/mol. The number of furan rings is 1. The van der Waals surface area contributed by atoms with Gasteiger partial charge in [0, 0.05) is 11.1 Å². The minimum atomic E-state index is -3.96. The van der Waals surface area contributed by atoms with Crippen molar-refractivity contribution in [1.82, 2.24) is 9.71 Å². The first-order chi connectivity index (χ1) is 8.88. The van der Waals surface area contributed by atoms with Crippen molar-refractivity contribution >= 4 is 27.3 Å². The molecule has 3 N–H and O–H groups in total. The molecule has 0 radical (unpaired) electrons. The van der Waals surface area contributed by atoms with E-state index >= 15 is 0 Å². The lowest BCUT2D eigenvalue weighted by molar-refractivity contribution is 0.0656. The number of sulfonamides is 1. The summed E-state index contributed by atoms with van der Waals surface area (Å²) in [5.41, 5.74) is 0.406. The quantitative estimate of drug-likeness (QED) is 0.724. The van der Waals surface area contributed by atoms with Crippen LogP contribution in [0.3, 0.4) is 0 Å². The standard InChI is InChI=1S/C9H8N2O6S2/c12-8(13)6-1-2-7(17-6)19(15,16)10-3-5-4-18-9(14)11-5/h1-2,4,10H,3H2,(H,11,14)(H,12,13). The second-order valence-electron chi connectivity index (χ2n) is 3.42. The third-order valence-corrected chi connectivity index (χ3v) is 4.07. The Morgan fingerprint density at radius 2 is 2.21 bits per heavy atom. The third-order valence-electron chi connectivity index (χ3n) is 2.08. The summed E-state index contributed by atoms with van der Waals surface area (Å²) in [7, 11) is -3.96. The highest BCUT2D eigenvalue weighted by Gasteiger charge is 2.20. The molecule has 102 valence electrons. The first-order valence-corrected chi connectivity index (χ1v) is 7.24. The van der Waals surface area contributed by atoms with Gasteiger partial charge < -0.3 is 14.5 Å². The molecule has 2 heterocycles. The number of carboxylic acids is 1. The smallest absolute Gasteiger partial charge is 0.371 e. The van der Waals surface area contributed by atoms with Crippen LogP contribution in [0.1, 0.15) is 16.2 Å². The lowest BCUT2D eigenvalue weighted by Gasteiger charge is -2.01. The number of aromatic nitrogens is 1. The monoisotopic (exact) mass is 304 g/mol. The molecule has 0 fully saturated rings. The van der Waals surface area contributed by atoms with E-state index < -0.39 is 26.8 Å². The number of rotatable bonds is 5. The van der Waals surface area contributed by atoms with Crippen molar-refractivity contribution in [1.29, 1.82) is 0 Å². The molecule has 0 aliphatic heterocycles. The lowest BCUT2D eigenvalue weighted by Crippen LogP contribution is -2.23. The predicted octanol–water partition coefficient (Wildman–Crippen LogP) is 0.206. The van der Waals surface area contributed by atoms with Crippen LogP contribution in [-0.4, -0.2) is 24.5 Å². The van der Waals surface area contributed by atoms with Gasteiger partial charge in [-0.25, -0.2) is 17.9 Å². The van der Waals surface area contributed by atoms with Gasteiger partial charge in [0.1, 0.15) is 0 Å². The molecule has 0 atom stereocenters.